The van der Waals surface area contributed by atoms with E-state index in [1.165, 1.54) is 0 Å². The molecule has 0 spiro atoms. The van der Waals surface area contributed by atoms with E-state index in [-0.39, 0.29) is 0 Å². The molecule has 0 saturated carbocycles. The van der Waals surface area contributed by atoms with E-state index < -0.39 is 0 Å². The smallest absolute Gasteiger partial charge is 0.253 e. The van der Waals surface area contributed by atoms with Crippen molar-refractivity contribution in [2.75, 3.05) is 0 Å². The molecule has 0 aliphatic rings. The summed E-state index contributed by atoms with van der Waals surface area (Å²) in [6.07, 6.45) is 0. The Hall–Kier alpha value is -1.70. The molecule has 4 aromatic rings. The van der Waals surface area contributed by atoms with E-state index in [1.807, 2.05) is 36.4 Å². The van der Waals surface area contributed by atoms with Crippen LogP contribution in [0.25, 0.3) is 21.3 Å². The number of benzene rings is 2. The molecule has 0 radical (unpaired) electrons. The lowest BCUT2D eigenvalue weighted by Gasteiger charge is -2.06. The van der Waals surface area contributed by atoms with Crippen LogP contribution in [0.4, 0.5) is 0 Å². The molecule has 0 fully saturated rings. The summed E-state index contributed by atoms with van der Waals surface area (Å²) < 4.78 is 13.1. The van der Waals surface area contributed by atoms with Gasteiger partial charge in [0.15, 0.2) is 11.1 Å². The molecule has 22 heavy (non-hydrogen) atoms. The van der Waals surface area contributed by atoms with Gasteiger partial charge in [-0.2, -0.15) is 4.98 Å². The molecule has 0 saturated heterocycles. The highest BCUT2D eigenvalue weighted by Crippen LogP contribution is 2.29. The summed E-state index contributed by atoms with van der Waals surface area (Å²) in [6, 6.07) is 11.6. The minimum atomic E-state index is 0.330. The summed E-state index contributed by atoms with van der Waals surface area (Å²) in [6.45, 7) is 0.434. The summed E-state index contributed by atoms with van der Waals surface area (Å²) in [5.74, 6) is 0.676. The van der Waals surface area contributed by atoms with Gasteiger partial charge in [-0.05, 0) is 29.8 Å². The van der Waals surface area contributed by atoms with E-state index in [9.17, 15) is 0 Å². The summed E-state index contributed by atoms with van der Waals surface area (Å²) >= 11 is 9.96. The van der Waals surface area contributed by atoms with Crippen molar-refractivity contribution in [1.82, 2.24) is 9.97 Å². The molecule has 4 rings (SSSR count). The average molecular weight is 346 g/mol. The number of nitrogens with zero attached hydrogens (tertiary/aromatic N) is 2. The predicted molar refractivity (Wildman–Crippen MR) is 92.5 cm³/mol. The number of hydrogen-bond donors (Lipinski definition) is 2. The number of rotatable bonds is 3. The summed E-state index contributed by atoms with van der Waals surface area (Å²) in [4.78, 5) is 8.60. The minimum absolute atomic E-state index is 0.330. The zero-order chi connectivity index (χ0) is 15.1. The van der Waals surface area contributed by atoms with Crippen LogP contribution in [0.5, 0.6) is 5.75 Å². The molecule has 4 nitrogen and oxygen atoms in total. The second kappa shape index (κ2) is 5.49. The van der Waals surface area contributed by atoms with Gasteiger partial charge in [-0.3, -0.25) is 0 Å². The average Bonchev–Trinajstić information content (AvgIpc) is 3.05. The maximum Gasteiger partial charge on any atom is 0.253 e. The third-order valence-corrected chi connectivity index (χ3v) is 4.61. The lowest BCUT2D eigenvalue weighted by molar-refractivity contribution is 0.309. The fourth-order valence-electron chi connectivity index (χ4n) is 2.24. The van der Waals surface area contributed by atoms with Crippen LogP contribution in [0, 0.1) is 0 Å². The molecule has 2 aromatic carbocycles. The van der Waals surface area contributed by atoms with Crippen LogP contribution in [0.1, 0.15) is 5.56 Å². The topological polar surface area (TPSA) is 48.2 Å². The van der Waals surface area contributed by atoms with E-state index >= 15 is 0 Å². The van der Waals surface area contributed by atoms with Crippen LogP contribution in [0.3, 0.4) is 0 Å². The fraction of sp³-hybridized carbons (Fsp3) is 0.0667. The summed E-state index contributed by atoms with van der Waals surface area (Å²) in [5.41, 5.74) is 3.32. The van der Waals surface area contributed by atoms with Crippen LogP contribution < -0.4 is 4.74 Å². The monoisotopic (exact) mass is 346 g/mol. The van der Waals surface area contributed by atoms with E-state index in [4.69, 9.17) is 9.15 Å². The molecule has 0 unspecified atom stereocenters. The van der Waals surface area contributed by atoms with Gasteiger partial charge >= 0.3 is 0 Å². The lowest BCUT2D eigenvalue weighted by Crippen LogP contribution is -1.95. The van der Waals surface area contributed by atoms with Crippen molar-refractivity contribution in [3.8, 4) is 5.75 Å². The molecule has 110 valence electrons. The number of para-hydroxylation sites is 1. The Morgan fingerprint density at radius 3 is 2.95 bits per heavy atom. The quantitative estimate of drug-likeness (QED) is 0.533. The first-order valence-electron chi connectivity index (χ1n) is 6.49. The maximum absolute atomic E-state index is 5.87. The lowest BCUT2D eigenvalue weighted by atomic mass is 10.2. The first kappa shape index (κ1) is 13.9. The van der Waals surface area contributed by atoms with Gasteiger partial charge in [-0.1, -0.05) is 24.8 Å². The van der Waals surface area contributed by atoms with Crippen LogP contribution in [-0.4, -0.2) is 9.97 Å². The molecule has 0 amide bonds. The van der Waals surface area contributed by atoms with Crippen molar-refractivity contribution in [2.24, 2.45) is 0 Å². The highest BCUT2D eigenvalue weighted by atomic mass is 32.2. The highest BCUT2D eigenvalue weighted by molar-refractivity contribution is 7.83. The van der Waals surface area contributed by atoms with Crippen LogP contribution >= 0.6 is 36.6 Å². The van der Waals surface area contributed by atoms with Crippen molar-refractivity contribution >= 4 is 57.9 Å². The third-order valence-electron chi connectivity index (χ3n) is 3.21. The molecule has 0 aliphatic heterocycles. The maximum atomic E-state index is 5.87. The number of ether oxygens (including phenoxy) is 1. The minimum Gasteiger partial charge on any atom is -0.486 e. The molecule has 0 aliphatic carbocycles. The van der Waals surface area contributed by atoms with Gasteiger partial charge in [0, 0.05) is 0 Å². The first-order valence-corrected chi connectivity index (χ1v) is 8.20. The van der Waals surface area contributed by atoms with Gasteiger partial charge in [0.25, 0.3) is 5.22 Å². The number of thiol groups is 2. The summed E-state index contributed by atoms with van der Waals surface area (Å²) in [7, 11) is 0. The van der Waals surface area contributed by atoms with E-state index in [2.05, 4.69) is 35.2 Å². The Labute approximate surface area is 141 Å². The number of thiazole rings is 1. The molecule has 2 heterocycles. The van der Waals surface area contributed by atoms with Gasteiger partial charge in [0.1, 0.15) is 16.7 Å². The van der Waals surface area contributed by atoms with Crippen molar-refractivity contribution in [3.05, 3.63) is 42.0 Å². The largest absolute Gasteiger partial charge is 0.486 e. The Balaban J connectivity index is 1.62. The van der Waals surface area contributed by atoms with E-state index in [0.717, 1.165) is 20.1 Å². The zero-order valence-corrected chi connectivity index (χ0v) is 13.8. The predicted octanol–water partition coefficient (Wildman–Crippen LogP) is 4.59. The molecule has 0 N–H and O–H groups in total. The van der Waals surface area contributed by atoms with Gasteiger partial charge in [-0.25, -0.2) is 4.98 Å². The van der Waals surface area contributed by atoms with Crippen LogP contribution in [0.2, 0.25) is 0 Å². The molecule has 7 heteroatoms. The number of fused-ring (bicyclic) bond motifs is 2. The van der Waals surface area contributed by atoms with Crippen molar-refractivity contribution in [1.29, 1.82) is 0 Å². The van der Waals surface area contributed by atoms with Crippen LogP contribution in [0.15, 0.2) is 50.4 Å². The number of aromatic nitrogens is 2. The summed E-state index contributed by atoms with van der Waals surface area (Å²) in [5, 5.41) is 0.330. The zero-order valence-electron chi connectivity index (χ0n) is 11.2. The Bertz CT molecular complexity index is 977. The fourth-order valence-corrected chi connectivity index (χ4v) is 3.53. The number of hydrogen-bond acceptors (Lipinski definition) is 7. The van der Waals surface area contributed by atoms with Crippen LogP contribution in [-0.2, 0) is 6.61 Å². The Morgan fingerprint density at radius 1 is 1.14 bits per heavy atom. The third kappa shape index (κ3) is 2.55. The highest BCUT2D eigenvalue weighted by Gasteiger charge is 2.09. The number of oxazole rings is 1. The Morgan fingerprint density at radius 2 is 2.05 bits per heavy atom. The van der Waals surface area contributed by atoms with Crippen molar-refractivity contribution < 1.29 is 9.15 Å². The standard InChI is InChI=1S/C15H10N2O2S3/c20-14-17-13-10(2-1-3-11(13)19-14)18-7-8-4-5-12-9(6-8)16-15(21)22-12/h1-6H,7H2,(H,16,21)(H,17,20). The van der Waals surface area contributed by atoms with Gasteiger partial charge in [0.2, 0.25) is 0 Å². The van der Waals surface area contributed by atoms with Gasteiger partial charge in [0.05, 0.1) is 10.2 Å². The van der Waals surface area contributed by atoms with E-state index in [0.29, 0.717) is 28.7 Å². The van der Waals surface area contributed by atoms with E-state index in [1.54, 1.807) is 11.3 Å². The van der Waals surface area contributed by atoms with Crippen molar-refractivity contribution in [3.63, 3.8) is 0 Å². The molecular weight excluding hydrogens is 336 g/mol. The second-order valence-electron chi connectivity index (χ2n) is 4.69. The first-order chi connectivity index (χ1) is 10.7. The molecule has 0 atom stereocenters. The van der Waals surface area contributed by atoms with Gasteiger partial charge in [-0.15, -0.1) is 24.0 Å². The molecule has 0 bridgehead atoms. The second-order valence-corrected chi connectivity index (χ2v) is 6.83. The normalized spacial score (nSPS) is 11.4. The molecule has 2 aromatic heterocycles. The van der Waals surface area contributed by atoms with Crippen molar-refractivity contribution in [2.45, 2.75) is 16.2 Å². The SMILES string of the molecule is Sc1nc2c(OCc3ccc4sc(S)nc4c3)cccc2o1. The van der Waals surface area contributed by atoms with Gasteiger partial charge < -0.3 is 9.15 Å². The Kier molecular flexibility index (Phi) is 3.48. The molecular formula is C15H10N2O2S3.